The van der Waals surface area contributed by atoms with Crippen molar-refractivity contribution in [1.29, 1.82) is 0 Å². The second-order valence-corrected chi connectivity index (χ2v) is 4.22. The van der Waals surface area contributed by atoms with Crippen LogP contribution in [0.1, 0.15) is 29.1 Å². The number of amides is 1. The Labute approximate surface area is 117 Å². The standard InChI is InChI=1S/C12H12F2N4O3/c1-5(10-16-12(20)18-17-10)15-11(19)9-7(13)3-6(21-2)4-8(9)14/h3-5H,1-2H3,(H,15,19)(H2,16,17,18,20)/t5-/m1/s1. The fourth-order valence-electron chi connectivity index (χ4n) is 1.71. The molecule has 0 bridgehead atoms. The molecule has 0 spiro atoms. The molecule has 2 aromatic rings. The summed E-state index contributed by atoms with van der Waals surface area (Å²) >= 11 is 0. The smallest absolute Gasteiger partial charge is 0.340 e. The minimum absolute atomic E-state index is 0.0359. The van der Waals surface area contributed by atoms with Crippen LogP contribution in [0.25, 0.3) is 0 Å². The van der Waals surface area contributed by atoms with Crippen LogP contribution in [0.4, 0.5) is 8.78 Å². The SMILES string of the molecule is COc1cc(F)c(C(=O)N[C@H](C)c2n[nH]c(=O)[nH]2)c(F)c1. The summed E-state index contributed by atoms with van der Waals surface area (Å²) in [4.78, 5) is 25.2. The Morgan fingerprint density at radius 1 is 1.38 bits per heavy atom. The number of hydrogen-bond acceptors (Lipinski definition) is 4. The first-order valence-corrected chi connectivity index (χ1v) is 5.91. The molecule has 1 atom stereocenters. The van der Waals surface area contributed by atoms with Gasteiger partial charge in [0.2, 0.25) is 0 Å². The highest BCUT2D eigenvalue weighted by Crippen LogP contribution is 2.21. The second kappa shape index (κ2) is 5.73. The van der Waals surface area contributed by atoms with Crippen molar-refractivity contribution in [3.05, 3.63) is 45.6 Å². The highest BCUT2D eigenvalue weighted by Gasteiger charge is 2.22. The lowest BCUT2D eigenvalue weighted by Crippen LogP contribution is -2.29. The van der Waals surface area contributed by atoms with E-state index < -0.39 is 34.8 Å². The molecule has 0 saturated heterocycles. The van der Waals surface area contributed by atoms with Gasteiger partial charge in [0, 0.05) is 12.1 Å². The number of carbonyl (C=O) groups excluding carboxylic acids is 1. The summed E-state index contributed by atoms with van der Waals surface area (Å²) in [6, 6.07) is 1.07. The van der Waals surface area contributed by atoms with Crippen LogP contribution >= 0.6 is 0 Å². The molecule has 0 saturated carbocycles. The third-order valence-electron chi connectivity index (χ3n) is 2.76. The fraction of sp³-hybridized carbons (Fsp3) is 0.250. The van der Waals surface area contributed by atoms with Crippen molar-refractivity contribution in [3.63, 3.8) is 0 Å². The number of H-pyrrole nitrogens is 2. The topological polar surface area (TPSA) is 99.9 Å². The van der Waals surface area contributed by atoms with Gasteiger partial charge in [0.25, 0.3) is 5.91 Å². The first-order valence-electron chi connectivity index (χ1n) is 5.91. The van der Waals surface area contributed by atoms with Crippen LogP contribution < -0.4 is 15.7 Å². The van der Waals surface area contributed by atoms with E-state index in [0.717, 1.165) is 12.1 Å². The number of methoxy groups -OCH3 is 1. The van der Waals surface area contributed by atoms with Gasteiger partial charge in [-0.1, -0.05) is 0 Å². The number of rotatable bonds is 4. The summed E-state index contributed by atoms with van der Waals surface area (Å²) in [5, 5.41) is 8.08. The second-order valence-electron chi connectivity index (χ2n) is 4.22. The molecule has 0 unspecified atom stereocenters. The van der Waals surface area contributed by atoms with Crippen molar-refractivity contribution in [2.45, 2.75) is 13.0 Å². The first kappa shape index (κ1) is 14.7. The van der Waals surface area contributed by atoms with Crippen molar-refractivity contribution in [3.8, 4) is 5.75 Å². The van der Waals surface area contributed by atoms with Crippen LogP contribution in [-0.4, -0.2) is 28.2 Å². The highest BCUT2D eigenvalue weighted by atomic mass is 19.1. The van der Waals surface area contributed by atoms with E-state index in [1.807, 2.05) is 0 Å². The molecule has 0 aliphatic carbocycles. The molecule has 112 valence electrons. The molecule has 0 fully saturated rings. The zero-order valence-electron chi connectivity index (χ0n) is 11.2. The monoisotopic (exact) mass is 298 g/mol. The fourth-order valence-corrected chi connectivity index (χ4v) is 1.71. The van der Waals surface area contributed by atoms with Gasteiger partial charge in [0.1, 0.15) is 22.9 Å². The van der Waals surface area contributed by atoms with E-state index in [1.54, 1.807) is 0 Å². The van der Waals surface area contributed by atoms with E-state index in [2.05, 4.69) is 20.5 Å². The van der Waals surface area contributed by atoms with Crippen LogP contribution in [0, 0.1) is 11.6 Å². The number of nitrogens with zero attached hydrogens (tertiary/aromatic N) is 1. The number of aromatic nitrogens is 3. The number of nitrogens with one attached hydrogen (secondary N) is 3. The minimum atomic E-state index is -1.05. The predicted octanol–water partition coefficient (Wildman–Crippen LogP) is 0.876. The van der Waals surface area contributed by atoms with Gasteiger partial charge < -0.3 is 10.1 Å². The van der Waals surface area contributed by atoms with Crippen LogP contribution in [0.15, 0.2) is 16.9 Å². The summed E-state index contributed by atoms with van der Waals surface area (Å²) in [5.74, 6) is -2.96. The molecular formula is C12H12F2N4O3. The molecule has 21 heavy (non-hydrogen) atoms. The number of hydrogen-bond donors (Lipinski definition) is 3. The van der Waals surface area contributed by atoms with Crippen LogP contribution in [0.3, 0.4) is 0 Å². The van der Waals surface area contributed by atoms with E-state index in [4.69, 9.17) is 4.74 Å². The maximum Gasteiger partial charge on any atom is 0.340 e. The lowest BCUT2D eigenvalue weighted by Gasteiger charge is -2.12. The average Bonchev–Trinajstić information content (AvgIpc) is 2.84. The van der Waals surface area contributed by atoms with Crippen LogP contribution in [-0.2, 0) is 0 Å². The Balaban J connectivity index is 2.23. The van der Waals surface area contributed by atoms with E-state index in [-0.39, 0.29) is 11.6 Å². The molecule has 0 aliphatic heterocycles. The van der Waals surface area contributed by atoms with E-state index in [1.165, 1.54) is 14.0 Å². The van der Waals surface area contributed by atoms with Gasteiger partial charge in [-0.3, -0.25) is 9.78 Å². The predicted molar refractivity (Wildman–Crippen MR) is 68.0 cm³/mol. The number of ether oxygens (including phenoxy) is 1. The van der Waals surface area contributed by atoms with Gasteiger partial charge in [-0.05, 0) is 6.92 Å². The zero-order chi connectivity index (χ0) is 15.6. The van der Waals surface area contributed by atoms with Crippen molar-refractivity contribution in [2.75, 3.05) is 7.11 Å². The minimum Gasteiger partial charge on any atom is -0.497 e. The molecule has 9 heteroatoms. The maximum atomic E-state index is 13.7. The molecule has 1 aromatic carbocycles. The Bertz CT molecular complexity index is 702. The third kappa shape index (κ3) is 3.07. The van der Waals surface area contributed by atoms with E-state index in [0.29, 0.717) is 0 Å². The number of halogens is 2. The molecule has 3 N–H and O–H groups in total. The van der Waals surface area contributed by atoms with Crippen molar-refractivity contribution >= 4 is 5.91 Å². The maximum absolute atomic E-state index is 13.7. The molecular weight excluding hydrogens is 286 g/mol. The van der Waals surface area contributed by atoms with Crippen LogP contribution in [0.5, 0.6) is 5.75 Å². The van der Waals surface area contributed by atoms with Crippen molar-refractivity contribution < 1.29 is 18.3 Å². The molecule has 0 aliphatic rings. The average molecular weight is 298 g/mol. The van der Waals surface area contributed by atoms with Gasteiger partial charge in [0.05, 0.1) is 13.2 Å². The molecule has 0 radical (unpaired) electrons. The van der Waals surface area contributed by atoms with Crippen LogP contribution in [0.2, 0.25) is 0 Å². The summed E-state index contributed by atoms with van der Waals surface area (Å²) in [5.41, 5.74) is -1.28. The summed E-state index contributed by atoms with van der Waals surface area (Å²) in [6.45, 7) is 1.50. The normalized spacial score (nSPS) is 12.0. The first-order chi connectivity index (χ1) is 9.92. The van der Waals surface area contributed by atoms with E-state index >= 15 is 0 Å². The molecule has 7 nitrogen and oxygen atoms in total. The van der Waals surface area contributed by atoms with Gasteiger partial charge >= 0.3 is 5.69 Å². The van der Waals surface area contributed by atoms with Gasteiger partial charge in [0.15, 0.2) is 5.82 Å². The molecule has 1 aromatic heterocycles. The number of carbonyl (C=O) groups is 1. The summed E-state index contributed by atoms with van der Waals surface area (Å²) < 4.78 is 32.2. The van der Waals surface area contributed by atoms with Crippen molar-refractivity contribution in [2.24, 2.45) is 0 Å². The van der Waals surface area contributed by atoms with E-state index in [9.17, 15) is 18.4 Å². The summed E-state index contributed by atoms with van der Waals surface area (Å²) in [6.07, 6.45) is 0. The highest BCUT2D eigenvalue weighted by molar-refractivity contribution is 5.95. The van der Waals surface area contributed by atoms with Gasteiger partial charge in [-0.2, -0.15) is 5.10 Å². The summed E-state index contributed by atoms with van der Waals surface area (Å²) in [7, 11) is 1.25. The largest absolute Gasteiger partial charge is 0.497 e. The quantitative estimate of drug-likeness (QED) is 0.780. The van der Waals surface area contributed by atoms with Gasteiger partial charge in [-0.15, -0.1) is 0 Å². The Kier molecular flexibility index (Phi) is 4.01. The Morgan fingerprint density at radius 3 is 2.48 bits per heavy atom. The Hall–Kier alpha value is -2.71. The van der Waals surface area contributed by atoms with Crippen molar-refractivity contribution in [1.82, 2.24) is 20.5 Å². The third-order valence-corrected chi connectivity index (χ3v) is 2.76. The van der Waals surface area contributed by atoms with Gasteiger partial charge in [-0.25, -0.2) is 18.7 Å². The molecule has 2 rings (SSSR count). The number of benzene rings is 1. The lowest BCUT2D eigenvalue weighted by atomic mass is 10.1. The zero-order valence-corrected chi connectivity index (χ0v) is 11.2. The number of aromatic amines is 2. The lowest BCUT2D eigenvalue weighted by molar-refractivity contribution is 0.0929. The molecule has 1 heterocycles. The Morgan fingerprint density at radius 2 is 2.00 bits per heavy atom. The molecule has 1 amide bonds.